The number of halogens is 1. The summed E-state index contributed by atoms with van der Waals surface area (Å²) in [5.74, 6) is 0.0679. The number of rotatable bonds is 7. The van der Waals surface area contributed by atoms with E-state index in [1.165, 1.54) is 9.35 Å². The molecule has 5 heteroatoms. The van der Waals surface area contributed by atoms with Crippen molar-refractivity contribution in [1.29, 1.82) is 0 Å². The number of hydrogen-bond acceptors (Lipinski definition) is 2. The van der Waals surface area contributed by atoms with Crippen molar-refractivity contribution < 1.29 is 4.79 Å². The average Bonchev–Trinajstić information content (AvgIpc) is 3.13. The van der Waals surface area contributed by atoms with E-state index in [0.717, 1.165) is 31.7 Å². The fraction of sp³-hybridized carbons (Fsp3) is 0.353. The summed E-state index contributed by atoms with van der Waals surface area (Å²) in [4.78, 5) is 13.8. The molecule has 0 fully saturated rings. The summed E-state index contributed by atoms with van der Waals surface area (Å²) in [6.07, 6.45) is 6.61. The van der Waals surface area contributed by atoms with Gasteiger partial charge >= 0.3 is 0 Å². The van der Waals surface area contributed by atoms with E-state index in [4.69, 9.17) is 0 Å². The minimum atomic E-state index is 0.0679. The van der Waals surface area contributed by atoms with Gasteiger partial charge in [-0.2, -0.15) is 0 Å². The predicted molar refractivity (Wildman–Crippen MR) is 97.1 cm³/mol. The summed E-state index contributed by atoms with van der Waals surface area (Å²) in [6.45, 7) is 6.38. The lowest BCUT2D eigenvalue weighted by Crippen LogP contribution is -2.28. The van der Waals surface area contributed by atoms with Crippen LogP contribution in [-0.4, -0.2) is 28.5 Å². The minimum absolute atomic E-state index is 0.0679. The Balaban J connectivity index is 2.00. The lowest BCUT2D eigenvalue weighted by atomic mass is 10.2. The Kier molecular flexibility index (Phi) is 6.46. The van der Waals surface area contributed by atoms with E-state index in [1.54, 1.807) is 17.4 Å². The molecule has 2 heterocycles. The molecule has 2 aromatic heterocycles. The Morgan fingerprint density at radius 3 is 2.77 bits per heavy atom. The van der Waals surface area contributed by atoms with Crippen LogP contribution in [0.3, 0.4) is 0 Å². The molecule has 0 saturated carbocycles. The molecule has 0 N–H and O–H groups in total. The van der Waals surface area contributed by atoms with E-state index >= 15 is 0 Å². The molecule has 0 unspecified atom stereocenters. The number of carbonyl (C=O) groups excluding carboxylic acids is 1. The van der Waals surface area contributed by atoms with Crippen LogP contribution < -0.4 is 0 Å². The summed E-state index contributed by atoms with van der Waals surface area (Å²) in [7, 11) is 0. The second-order valence-corrected chi connectivity index (χ2v) is 7.17. The maximum atomic E-state index is 12.0. The molecule has 22 heavy (non-hydrogen) atoms. The van der Waals surface area contributed by atoms with Crippen LogP contribution in [0.15, 0.2) is 39.6 Å². The molecule has 0 atom stereocenters. The lowest BCUT2D eigenvalue weighted by Gasteiger charge is -2.16. The molecular weight excluding hydrogens is 360 g/mol. The van der Waals surface area contributed by atoms with Crippen LogP contribution in [0.2, 0.25) is 0 Å². The summed E-state index contributed by atoms with van der Waals surface area (Å²) in [6, 6.07) is 6.20. The number of thiophene rings is 1. The first kappa shape index (κ1) is 17.0. The number of aromatic nitrogens is 1. The quantitative estimate of drug-likeness (QED) is 0.651. The molecule has 0 saturated heterocycles. The highest BCUT2D eigenvalue weighted by atomic mass is 79.9. The number of nitrogens with zero attached hydrogens (tertiary/aromatic N) is 2. The van der Waals surface area contributed by atoms with E-state index in [1.807, 2.05) is 37.0 Å². The maximum Gasteiger partial charge on any atom is 0.246 e. The lowest BCUT2D eigenvalue weighted by molar-refractivity contribution is -0.125. The molecule has 0 radical (unpaired) electrons. The van der Waals surface area contributed by atoms with Crippen LogP contribution in [0.5, 0.6) is 0 Å². The van der Waals surface area contributed by atoms with Crippen molar-refractivity contribution in [3.63, 3.8) is 0 Å². The summed E-state index contributed by atoms with van der Waals surface area (Å²) in [5.41, 5.74) is 2.39. The normalized spacial score (nSPS) is 11.2. The molecule has 3 nitrogen and oxygen atoms in total. The molecule has 0 aliphatic rings. The van der Waals surface area contributed by atoms with Crippen LogP contribution >= 0.6 is 27.3 Å². The molecule has 2 rings (SSSR count). The first-order valence-electron chi connectivity index (χ1n) is 7.49. The van der Waals surface area contributed by atoms with Crippen LogP contribution in [0.4, 0.5) is 0 Å². The highest BCUT2D eigenvalue weighted by molar-refractivity contribution is 9.11. The van der Waals surface area contributed by atoms with Crippen LogP contribution in [0, 0.1) is 0 Å². The fourth-order valence-electron chi connectivity index (χ4n) is 2.32. The maximum absolute atomic E-state index is 12.0. The zero-order valence-electron chi connectivity index (χ0n) is 13.0. The highest BCUT2D eigenvalue weighted by Gasteiger charge is 2.06. The van der Waals surface area contributed by atoms with Crippen molar-refractivity contribution in [2.24, 2.45) is 0 Å². The van der Waals surface area contributed by atoms with Crippen molar-refractivity contribution in [3.05, 3.63) is 50.9 Å². The molecule has 0 aromatic carbocycles. The molecular formula is C17H21BrN2OS. The van der Waals surface area contributed by atoms with Gasteiger partial charge in [-0.1, -0.05) is 0 Å². The molecule has 118 valence electrons. The summed E-state index contributed by atoms with van der Waals surface area (Å²) in [5, 5.41) is 2.10. The largest absolute Gasteiger partial charge is 0.348 e. The van der Waals surface area contributed by atoms with E-state index in [0.29, 0.717) is 0 Å². The van der Waals surface area contributed by atoms with Crippen LogP contribution in [0.25, 0.3) is 6.08 Å². The third-order valence-electron chi connectivity index (χ3n) is 3.65. The predicted octanol–water partition coefficient (Wildman–Crippen LogP) is 4.44. The van der Waals surface area contributed by atoms with Gasteiger partial charge in [-0.05, 0) is 71.4 Å². The SMILES string of the molecule is CCN(CC)C(=O)/C=C/c1cccn1CCc1ccsc1Br. The van der Waals surface area contributed by atoms with E-state index < -0.39 is 0 Å². The summed E-state index contributed by atoms with van der Waals surface area (Å²) >= 11 is 5.29. The summed E-state index contributed by atoms with van der Waals surface area (Å²) < 4.78 is 3.38. The number of carbonyl (C=O) groups is 1. The number of likely N-dealkylation sites (N-methyl/N-ethyl adjacent to an activating group) is 1. The van der Waals surface area contributed by atoms with E-state index in [2.05, 4.69) is 38.1 Å². The van der Waals surface area contributed by atoms with Gasteiger partial charge in [-0.15, -0.1) is 11.3 Å². The van der Waals surface area contributed by atoms with Gasteiger partial charge in [-0.3, -0.25) is 4.79 Å². The van der Waals surface area contributed by atoms with Crippen molar-refractivity contribution in [2.75, 3.05) is 13.1 Å². The Bertz CT molecular complexity index is 641. The number of aryl methyl sites for hydroxylation is 2. The topological polar surface area (TPSA) is 25.2 Å². The van der Waals surface area contributed by atoms with Gasteiger partial charge in [0.1, 0.15) is 0 Å². The third-order valence-corrected chi connectivity index (χ3v) is 5.46. The second-order valence-electron chi connectivity index (χ2n) is 4.94. The number of hydrogen-bond donors (Lipinski definition) is 0. The van der Waals surface area contributed by atoms with Crippen molar-refractivity contribution in [3.8, 4) is 0 Å². The zero-order valence-corrected chi connectivity index (χ0v) is 15.4. The zero-order chi connectivity index (χ0) is 15.9. The van der Waals surface area contributed by atoms with Gasteiger partial charge in [0.25, 0.3) is 0 Å². The number of amides is 1. The van der Waals surface area contributed by atoms with Gasteiger partial charge < -0.3 is 9.47 Å². The van der Waals surface area contributed by atoms with Crippen molar-refractivity contribution >= 4 is 39.2 Å². The average molecular weight is 381 g/mol. The Labute approximate surface area is 144 Å². The molecule has 0 bridgehead atoms. The van der Waals surface area contributed by atoms with Crippen molar-refractivity contribution in [1.82, 2.24) is 9.47 Å². The Morgan fingerprint density at radius 2 is 2.14 bits per heavy atom. The van der Waals surface area contributed by atoms with E-state index in [9.17, 15) is 4.79 Å². The molecule has 1 amide bonds. The first-order chi connectivity index (χ1) is 10.7. The van der Waals surface area contributed by atoms with Gasteiger partial charge in [0.2, 0.25) is 5.91 Å². The van der Waals surface area contributed by atoms with Gasteiger partial charge in [0.05, 0.1) is 3.79 Å². The standard InChI is InChI=1S/C17H21BrN2OS/c1-3-19(4-2)16(21)8-7-15-6-5-11-20(15)12-9-14-10-13-22-17(14)18/h5-8,10-11,13H,3-4,9,12H2,1-2H3/b8-7+. The van der Waals surface area contributed by atoms with Crippen LogP contribution in [-0.2, 0) is 17.8 Å². The smallest absolute Gasteiger partial charge is 0.246 e. The second kappa shape index (κ2) is 8.34. The molecule has 0 spiro atoms. The Hall–Kier alpha value is -1.33. The van der Waals surface area contributed by atoms with Gasteiger partial charge in [-0.25, -0.2) is 0 Å². The molecule has 2 aromatic rings. The van der Waals surface area contributed by atoms with E-state index in [-0.39, 0.29) is 5.91 Å². The monoisotopic (exact) mass is 380 g/mol. The van der Waals surface area contributed by atoms with Gasteiger partial charge in [0.15, 0.2) is 0 Å². The van der Waals surface area contributed by atoms with Crippen molar-refractivity contribution in [2.45, 2.75) is 26.8 Å². The minimum Gasteiger partial charge on any atom is -0.348 e. The fourth-order valence-corrected chi connectivity index (χ4v) is 3.65. The molecule has 0 aliphatic carbocycles. The van der Waals surface area contributed by atoms with Gasteiger partial charge in [0, 0.05) is 37.6 Å². The third kappa shape index (κ3) is 4.34. The Morgan fingerprint density at radius 1 is 1.36 bits per heavy atom. The highest BCUT2D eigenvalue weighted by Crippen LogP contribution is 2.24. The first-order valence-corrected chi connectivity index (χ1v) is 9.17. The van der Waals surface area contributed by atoms with Crippen LogP contribution in [0.1, 0.15) is 25.1 Å². The molecule has 0 aliphatic heterocycles.